The third-order valence-corrected chi connectivity index (χ3v) is 3.70. The molecule has 2 aromatic rings. The Morgan fingerprint density at radius 3 is 2.30 bits per heavy atom. The van der Waals surface area contributed by atoms with Gasteiger partial charge in [-0.1, -0.05) is 40.9 Å². The molecule has 0 fully saturated rings. The topological polar surface area (TPSA) is 29.5 Å². The first-order valence-electron chi connectivity index (χ1n) is 6.05. The van der Waals surface area contributed by atoms with Crippen LogP contribution >= 0.6 is 34.8 Å². The third kappa shape index (κ3) is 4.57. The smallest absolute Gasteiger partial charge is 0.119 e. The number of hydrogen-bond acceptors (Lipinski definition) is 2. The van der Waals surface area contributed by atoms with Gasteiger partial charge in [-0.25, -0.2) is 0 Å². The number of halogens is 3. The van der Waals surface area contributed by atoms with E-state index in [-0.39, 0.29) is 6.61 Å². The van der Waals surface area contributed by atoms with Crippen LogP contribution in [0, 0.1) is 0 Å². The Bertz CT molecular complexity index is 570. The van der Waals surface area contributed by atoms with E-state index in [4.69, 9.17) is 39.5 Å². The van der Waals surface area contributed by atoms with Crippen molar-refractivity contribution in [3.05, 3.63) is 63.1 Å². The monoisotopic (exact) mass is 330 g/mol. The van der Waals surface area contributed by atoms with Gasteiger partial charge in [0.1, 0.15) is 12.4 Å². The zero-order chi connectivity index (χ0) is 14.5. The fraction of sp³-hybridized carbons (Fsp3) is 0.200. The van der Waals surface area contributed by atoms with E-state index >= 15 is 0 Å². The molecule has 0 bridgehead atoms. The summed E-state index contributed by atoms with van der Waals surface area (Å²) in [5.41, 5.74) is 0.909. The van der Waals surface area contributed by atoms with Gasteiger partial charge in [-0.2, -0.15) is 0 Å². The summed E-state index contributed by atoms with van der Waals surface area (Å²) >= 11 is 17.6. The van der Waals surface area contributed by atoms with E-state index < -0.39 is 6.10 Å². The van der Waals surface area contributed by atoms with Gasteiger partial charge in [-0.15, -0.1) is 0 Å². The molecule has 0 amide bonds. The maximum absolute atomic E-state index is 9.95. The first-order chi connectivity index (χ1) is 9.54. The second kappa shape index (κ2) is 7.19. The fourth-order valence-corrected chi connectivity index (χ4v) is 2.17. The Balaban J connectivity index is 1.87. The molecule has 1 atom stereocenters. The fourth-order valence-electron chi connectivity index (χ4n) is 1.72. The number of benzene rings is 2. The lowest BCUT2D eigenvalue weighted by Gasteiger charge is -2.13. The number of aliphatic hydroxyl groups is 1. The van der Waals surface area contributed by atoms with E-state index in [1.165, 1.54) is 0 Å². The van der Waals surface area contributed by atoms with Gasteiger partial charge in [-0.05, 0) is 42.0 Å². The Morgan fingerprint density at radius 2 is 1.65 bits per heavy atom. The van der Waals surface area contributed by atoms with Gasteiger partial charge >= 0.3 is 0 Å². The van der Waals surface area contributed by atoms with Crippen molar-refractivity contribution in [2.45, 2.75) is 12.5 Å². The van der Waals surface area contributed by atoms with Gasteiger partial charge < -0.3 is 9.84 Å². The highest BCUT2D eigenvalue weighted by atomic mass is 35.5. The van der Waals surface area contributed by atoms with Crippen LogP contribution in [0.1, 0.15) is 5.56 Å². The molecule has 2 nitrogen and oxygen atoms in total. The van der Waals surface area contributed by atoms with Gasteiger partial charge in [-0.3, -0.25) is 0 Å². The van der Waals surface area contributed by atoms with Gasteiger partial charge in [0.25, 0.3) is 0 Å². The molecule has 0 aliphatic carbocycles. The van der Waals surface area contributed by atoms with Crippen LogP contribution in [0.5, 0.6) is 5.75 Å². The van der Waals surface area contributed by atoms with Gasteiger partial charge in [0.15, 0.2) is 0 Å². The van der Waals surface area contributed by atoms with Crippen LogP contribution < -0.4 is 4.74 Å². The predicted molar refractivity (Wildman–Crippen MR) is 83.1 cm³/mol. The summed E-state index contributed by atoms with van der Waals surface area (Å²) in [5, 5.41) is 11.6. The first kappa shape index (κ1) is 15.5. The first-order valence-corrected chi connectivity index (χ1v) is 7.18. The van der Waals surface area contributed by atoms with Crippen molar-refractivity contribution in [2.75, 3.05) is 6.61 Å². The van der Waals surface area contributed by atoms with Gasteiger partial charge in [0, 0.05) is 11.4 Å². The molecule has 1 unspecified atom stereocenters. The summed E-state index contributed by atoms with van der Waals surface area (Å²) in [5.74, 6) is 0.669. The molecule has 0 spiro atoms. The van der Waals surface area contributed by atoms with Crippen molar-refractivity contribution in [1.82, 2.24) is 0 Å². The second-order valence-electron chi connectivity index (χ2n) is 4.37. The quantitative estimate of drug-likeness (QED) is 0.865. The summed E-state index contributed by atoms with van der Waals surface area (Å²) in [6.07, 6.45) is -0.173. The second-order valence-corrected chi connectivity index (χ2v) is 5.62. The van der Waals surface area contributed by atoms with E-state index in [0.717, 1.165) is 5.56 Å². The minimum absolute atomic E-state index is 0.196. The van der Waals surface area contributed by atoms with Gasteiger partial charge in [0.2, 0.25) is 0 Å². The van der Waals surface area contributed by atoms with Crippen molar-refractivity contribution in [3.8, 4) is 5.75 Å². The normalized spacial score (nSPS) is 12.2. The zero-order valence-corrected chi connectivity index (χ0v) is 12.8. The van der Waals surface area contributed by atoms with Crippen molar-refractivity contribution in [1.29, 1.82) is 0 Å². The lowest BCUT2D eigenvalue weighted by Crippen LogP contribution is -2.20. The van der Waals surface area contributed by atoms with E-state index in [9.17, 15) is 5.11 Å². The molecule has 1 N–H and O–H groups in total. The largest absolute Gasteiger partial charge is 0.491 e. The Morgan fingerprint density at radius 1 is 0.950 bits per heavy atom. The lowest BCUT2D eigenvalue weighted by molar-refractivity contribution is 0.108. The maximum Gasteiger partial charge on any atom is 0.119 e. The van der Waals surface area contributed by atoms with Gasteiger partial charge in [0.05, 0.1) is 16.1 Å². The SMILES string of the molecule is OC(COc1ccc(Cl)cc1)Cc1ccc(Cl)c(Cl)c1. The lowest BCUT2D eigenvalue weighted by atomic mass is 10.1. The Kier molecular flexibility index (Phi) is 5.55. The minimum Gasteiger partial charge on any atom is -0.491 e. The minimum atomic E-state index is -0.622. The molecule has 0 saturated heterocycles. The molecule has 0 saturated carbocycles. The summed E-state index contributed by atoms with van der Waals surface area (Å²) in [6.45, 7) is 0.196. The summed E-state index contributed by atoms with van der Waals surface area (Å²) < 4.78 is 5.48. The molecule has 0 aliphatic rings. The van der Waals surface area contributed by atoms with Crippen molar-refractivity contribution in [3.63, 3.8) is 0 Å². The molecule has 20 heavy (non-hydrogen) atoms. The molecule has 106 valence electrons. The highest BCUT2D eigenvalue weighted by molar-refractivity contribution is 6.42. The molecule has 0 aliphatic heterocycles. The van der Waals surface area contributed by atoms with Crippen LogP contribution in [-0.4, -0.2) is 17.8 Å². The predicted octanol–water partition coefficient (Wildman–Crippen LogP) is 4.63. The molecule has 0 aromatic heterocycles. The third-order valence-electron chi connectivity index (χ3n) is 2.71. The number of aliphatic hydroxyl groups excluding tert-OH is 1. The molecule has 2 aromatic carbocycles. The summed E-state index contributed by atoms with van der Waals surface area (Å²) in [4.78, 5) is 0. The Hall–Kier alpha value is -0.930. The van der Waals surface area contributed by atoms with Crippen molar-refractivity contribution in [2.24, 2.45) is 0 Å². The summed E-state index contributed by atoms with van der Waals surface area (Å²) in [6, 6.07) is 12.3. The molecular weight excluding hydrogens is 319 g/mol. The number of ether oxygens (including phenoxy) is 1. The van der Waals surface area contributed by atoms with Crippen LogP contribution in [0.25, 0.3) is 0 Å². The standard InChI is InChI=1S/C15H13Cl3O2/c16-11-2-4-13(5-3-11)20-9-12(19)7-10-1-6-14(17)15(18)8-10/h1-6,8,12,19H,7,9H2. The van der Waals surface area contributed by atoms with Crippen LogP contribution in [0.2, 0.25) is 15.1 Å². The average molecular weight is 332 g/mol. The average Bonchev–Trinajstić information content (AvgIpc) is 2.42. The van der Waals surface area contributed by atoms with Crippen LogP contribution in [-0.2, 0) is 6.42 Å². The highest BCUT2D eigenvalue weighted by Crippen LogP contribution is 2.23. The number of hydrogen-bond donors (Lipinski definition) is 1. The van der Waals surface area contributed by atoms with Crippen LogP contribution in [0.15, 0.2) is 42.5 Å². The van der Waals surface area contributed by atoms with Crippen molar-refractivity contribution >= 4 is 34.8 Å². The molecule has 0 radical (unpaired) electrons. The zero-order valence-electron chi connectivity index (χ0n) is 10.5. The molecule has 2 rings (SSSR count). The van der Waals surface area contributed by atoms with Crippen LogP contribution in [0.4, 0.5) is 0 Å². The van der Waals surface area contributed by atoms with E-state index in [2.05, 4.69) is 0 Å². The molecule has 5 heteroatoms. The summed E-state index contributed by atoms with van der Waals surface area (Å²) in [7, 11) is 0. The molecular formula is C15H13Cl3O2. The highest BCUT2D eigenvalue weighted by Gasteiger charge is 2.08. The maximum atomic E-state index is 9.95. The van der Waals surface area contributed by atoms with E-state index in [1.807, 2.05) is 6.07 Å². The van der Waals surface area contributed by atoms with E-state index in [0.29, 0.717) is 27.2 Å². The van der Waals surface area contributed by atoms with Crippen molar-refractivity contribution < 1.29 is 9.84 Å². The van der Waals surface area contributed by atoms with E-state index in [1.54, 1.807) is 36.4 Å². The van der Waals surface area contributed by atoms with Crippen LogP contribution in [0.3, 0.4) is 0 Å². The Labute approximate surface area is 132 Å². The number of rotatable bonds is 5. The molecule has 0 heterocycles.